The SMILES string of the molecule is CC(N=O)=C1N(C)c2ccc(Cl)cc2C1(C)C. The predicted octanol–water partition coefficient (Wildman–Crippen LogP) is 4.07. The van der Waals surface area contributed by atoms with Gasteiger partial charge in [-0.3, -0.25) is 0 Å². The Morgan fingerprint density at radius 2 is 2.06 bits per heavy atom. The number of anilines is 1. The highest BCUT2D eigenvalue weighted by molar-refractivity contribution is 6.30. The number of hydrogen-bond acceptors (Lipinski definition) is 3. The Hall–Kier alpha value is -1.35. The van der Waals surface area contributed by atoms with Gasteiger partial charge in [0.25, 0.3) is 0 Å². The summed E-state index contributed by atoms with van der Waals surface area (Å²) in [5.41, 5.74) is 3.42. The maximum absolute atomic E-state index is 10.8. The molecular formula is C13H15ClN2O. The van der Waals surface area contributed by atoms with E-state index in [0.29, 0.717) is 10.7 Å². The van der Waals surface area contributed by atoms with Gasteiger partial charge in [0.2, 0.25) is 0 Å². The zero-order valence-corrected chi connectivity index (χ0v) is 11.2. The lowest BCUT2D eigenvalue weighted by atomic mass is 9.83. The minimum atomic E-state index is -0.243. The molecule has 0 saturated heterocycles. The molecule has 1 heterocycles. The van der Waals surface area contributed by atoms with Gasteiger partial charge in [-0.15, -0.1) is 4.91 Å². The molecule has 0 N–H and O–H groups in total. The van der Waals surface area contributed by atoms with E-state index in [4.69, 9.17) is 11.6 Å². The first-order valence-electron chi connectivity index (χ1n) is 5.48. The first-order chi connectivity index (χ1) is 7.89. The van der Waals surface area contributed by atoms with Crippen LogP contribution >= 0.6 is 11.6 Å². The molecule has 0 aliphatic carbocycles. The van der Waals surface area contributed by atoms with Gasteiger partial charge in [-0.2, -0.15) is 0 Å². The average molecular weight is 251 g/mol. The van der Waals surface area contributed by atoms with Crippen molar-refractivity contribution in [3.63, 3.8) is 0 Å². The molecule has 0 bridgehead atoms. The smallest absolute Gasteiger partial charge is 0.102 e. The van der Waals surface area contributed by atoms with Crippen LogP contribution in [0.1, 0.15) is 26.3 Å². The third kappa shape index (κ3) is 1.65. The summed E-state index contributed by atoms with van der Waals surface area (Å²) in [6.45, 7) is 5.90. The van der Waals surface area contributed by atoms with Crippen molar-refractivity contribution in [1.82, 2.24) is 0 Å². The summed E-state index contributed by atoms with van der Waals surface area (Å²) in [4.78, 5) is 12.8. The molecule has 0 amide bonds. The van der Waals surface area contributed by atoms with E-state index in [0.717, 1.165) is 16.9 Å². The average Bonchev–Trinajstić information content (AvgIpc) is 2.46. The minimum Gasteiger partial charge on any atom is -0.345 e. The lowest BCUT2D eigenvalue weighted by Gasteiger charge is -2.24. The van der Waals surface area contributed by atoms with Gasteiger partial charge in [0.15, 0.2) is 0 Å². The summed E-state index contributed by atoms with van der Waals surface area (Å²) >= 11 is 6.04. The van der Waals surface area contributed by atoms with Crippen molar-refractivity contribution < 1.29 is 0 Å². The lowest BCUT2D eigenvalue weighted by molar-refractivity contribution is 0.630. The number of nitrogens with zero attached hydrogens (tertiary/aromatic N) is 2. The third-order valence-electron chi connectivity index (χ3n) is 3.40. The van der Waals surface area contributed by atoms with Crippen LogP contribution in [0.3, 0.4) is 0 Å². The van der Waals surface area contributed by atoms with E-state index in [1.165, 1.54) is 0 Å². The van der Waals surface area contributed by atoms with E-state index < -0.39 is 0 Å². The Balaban J connectivity index is 2.73. The molecule has 4 heteroatoms. The fraction of sp³-hybridized carbons (Fsp3) is 0.385. The first-order valence-corrected chi connectivity index (χ1v) is 5.86. The van der Waals surface area contributed by atoms with Crippen molar-refractivity contribution in [1.29, 1.82) is 0 Å². The van der Waals surface area contributed by atoms with E-state index in [9.17, 15) is 4.91 Å². The number of allylic oxidation sites excluding steroid dienone is 2. The predicted molar refractivity (Wildman–Crippen MR) is 71.4 cm³/mol. The second kappa shape index (κ2) is 3.84. The van der Waals surface area contributed by atoms with E-state index in [1.807, 2.05) is 30.1 Å². The second-order valence-electron chi connectivity index (χ2n) is 4.87. The molecule has 0 atom stereocenters. The Bertz CT molecular complexity index is 520. The minimum absolute atomic E-state index is 0.243. The molecule has 17 heavy (non-hydrogen) atoms. The van der Waals surface area contributed by atoms with Gasteiger partial charge in [0, 0.05) is 23.2 Å². The molecule has 1 aliphatic rings. The molecule has 2 rings (SSSR count). The van der Waals surface area contributed by atoms with Gasteiger partial charge in [0.05, 0.1) is 5.70 Å². The first kappa shape index (κ1) is 12.1. The van der Waals surface area contributed by atoms with Gasteiger partial charge in [-0.05, 0) is 35.9 Å². The number of nitroso groups, excluding NO2 is 1. The summed E-state index contributed by atoms with van der Waals surface area (Å²) in [6.07, 6.45) is 0. The molecule has 0 unspecified atom stereocenters. The molecule has 90 valence electrons. The molecule has 0 spiro atoms. The van der Waals surface area contributed by atoms with Gasteiger partial charge < -0.3 is 4.90 Å². The standard InChI is InChI=1S/C13H15ClN2O/c1-8(15-17)12-13(2,3)10-7-9(14)5-6-11(10)16(12)4/h5-7H,1-4H3. The zero-order valence-electron chi connectivity index (χ0n) is 10.4. The molecule has 0 saturated carbocycles. The van der Waals surface area contributed by atoms with Gasteiger partial charge in [0.1, 0.15) is 5.70 Å². The summed E-state index contributed by atoms with van der Waals surface area (Å²) in [5.74, 6) is 0. The quantitative estimate of drug-likeness (QED) is 0.704. The molecule has 1 aliphatic heterocycles. The number of benzene rings is 1. The summed E-state index contributed by atoms with van der Waals surface area (Å²) in [7, 11) is 1.95. The van der Waals surface area contributed by atoms with Crippen LogP contribution in [-0.4, -0.2) is 7.05 Å². The van der Waals surface area contributed by atoms with E-state index in [2.05, 4.69) is 19.0 Å². The summed E-state index contributed by atoms with van der Waals surface area (Å²) in [5, 5.41) is 3.79. The molecule has 1 aromatic rings. The van der Waals surface area contributed by atoms with Crippen LogP contribution in [0.5, 0.6) is 0 Å². The van der Waals surface area contributed by atoms with Crippen molar-refractivity contribution in [3.05, 3.63) is 45.1 Å². The topological polar surface area (TPSA) is 32.7 Å². The Labute approximate surface area is 106 Å². The highest BCUT2D eigenvalue weighted by Crippen LogP contribution is 2.48. The van der Waals surface area contributed by atoms with Gasteiger partial charge in [-0.25, -0.2) is 0 Å². The molecule has 0 radical (unpaired) electrons. The van der Waals surface area contributed by atoms with Crippen LogP contribution in [0.2, 0.25) is 5.02 Å². The van der Waals surface area contributed by atoms with Crippen LogP contribution in [0, 0.1) is 4.91 Å². The largest absolute Gasteiger partial charge is 0.345 e. The van der Waals surface area contributed by atoms with Crippen molar-refractivity contribution in [3.8, 4) is 0 Å². The summed E-state index contributed by atoms with van der Waals surface area (Å²) < 4.78 is 0. The van der Waals surface area contributed by atoms with Gasteiger partial charge >= 0.3 is 0 Å². The molecule has 3 nitrogen and oxygen atoms in total. The zero-order chi connectivity index (χ0) is 12.8. The van der Waals surface area contributed by atoms with Gasteiger partial charge in [-0.1, -0.05) is 25.4 Å². The van der Waals surface area contributed by atoms with E-state index in [1.54, 1.807) is 6.92 Å². The van der Waals surface area contributed by atoms with Crippen molar-refractivity contribution in [2.45, 2.75) is 26.2 Å². The van der Waals surface area contributed by atoms with Crippen LogP contribution < -0.4 is 4.90 Å². The molecule has 1 aromatic carbocycles. The van der Waals surface area contributed by atoms with Crippen LogP contribution in [0.15, 0.2) is 34.8 Å². The highest BCUT2D eigenvalue weighted by Gasteiger charge is 2.40. The molecule has 0 aromatic heterocycles. The van der Waals surface area contributed by atoms with Crippen molar-refractivity contribution in [2.75, 3.05) is 11.9 Å². The molecular weight excluding hydrogens is 236 g/mol. The maximum Gasteiger partial charge on any atom is 0.102 e. The monoisotopic (exact) mass is 250 g/mol. The molecule has 0 fully saturated rings. The number of halogens is 1. The van der Waals surface area contributed by atoms with E-state index in [-0.39, 0.29) is 5.41 Å². The number of likely N-dealkylation sites (N-methyl/N-ethyl adjacent to an activating group) is 1. The second-order valence-corrected chi connectivity index (χ2v) is 5.31. The highest BCUT2D eigenvalue weighted by atomic mass is 35.5. The van der Waals surface area contributed by atoms with E-state index >= 15 is 0 Å². The van der Waals surface area contributed by atoms with Crippen molar-refractivity contribution in [2.24, 2.45) is 5.18 Å². The number of hydrogen-bond donors (Lipinski definition) is 0. The Kier molecular flexibility index (Phi) is 2.74. The Morgan fingerprint density at radius 3 is 2.65 bits per heavy atom. The summed E-state index contributed by atoms with van der Waals surface area (Å²) in [6, 6.07) is 5.79. The fourth-order valence-electron chi connectivity index (χ4n) is 2.71. The van der Waals surface area contributed by atoms with Crippen LogP contribution in [0.25, 0.3) is 0 Å². The maximum atomic E-state index is 10.8. The lowest BCUT2D eigenvalue weighted by Crippen LogP contribution is -2.24. The third-order valence-corrected chi connectivity index (χ3v) is 3.64. The van der Waals surface area contributed by atoms with Crippen LogP contribution in [-0.2, 0) is 5.41 Å². The number of fused-ring (bicyclic) bond motifs is 1. The number of rotatable bonds is 1. The normalized spacial score (nSPS) is 20.2. The van der Waals surface area contributed by atoms with Crippen molar-refractivity contribution >= 4 is 17.3 Å². The van der Waals surface area contributed by atoms with Crippen LogP contribution in [0.4, 0.5) is 5.69 Å². The Morgan fingerprint density at radius 1 is 1.41 bits per heavy atom. The fourth-order valence-corrected chi connectivity index (χ4v) is 2.88.